The Hall–Kier alpha value is -4.26. The number of alkyl halides is 3. The zero-order chi connectivity index (χ0) is 27.7. The first-order valence-electron chi connectivity index (χ1n) is 11.4. The molecule has 1 amide bonds. The molecule has 0 fully saturated rings. The number of benzene rings is 1. The highest BCUT2D eigenvalue weighted by Gasteiger charge is 2.30. The molecule has 3 rings (SSSR count). The van der Waals surface area contributed by atoms with Crippen molar-refractivity contribution >= 4 is 40.2 Å². The Balaban J connectivity index is 1.74. The van der Waals surface area contributed by atoms with Crippen LogP contribution in [0.2, 0.25) is 0 Å². The molecular weight excluding hydrogens is 517 g/mol. The molecule has 9 nitrogen and oxygen atoms in total. The summed E-state index contributed by atoms with van der Waals surface area (Å²) >= 11 is 1.31. The van der Waals surface area contributed by atoms with Crippen molar-refractivity contribution in [3.63, 3.8) is 0 Å². The largest absolute Gasteiger partial charge is 0.416 e. The van der Waals surface area contributed by atoms with Gasteiger partial charge in [0.25, 0.3) is 0 Å². The molecular formula is C25H27F3N8OS. The number of nitrogens with zero attached hydrogens (tertiary/aromatic N) is 6. The summed E-state index contributed by atoms with van der Waals surface area (Å²) in [5.41, 5.74) is 1.37. The summed E-state index contributed by atoms with van der Waals surface area (Å²) in [6.07, 6.45) is 3.61. The molecule has 0 saturated carbocycles. The van der Waals surface area contributed by atoms with Gasteiger partial charge in [-0.05, 0) is 62.6 Å². The molecule has 2 N–H and O–H groups in total. The van der Waals surface area contributed by atoms with Crippen LogP contribution >= 0.6 is 11.5 Å². The van der Waals surface area contributed by atoms with Gasteiger partial charge in [0.1, 0.15) is 11.5 Å². The molecule has 1 aromatic carbocycles. The molecule has 38 heavy (non-hydrogen) atoms. The Morgan fingerprint density at radius 3 is 2.71 bits per heavy atom. The highest BCUT2D eigenvalue weighted by molar-refractivity contribution is 7.10. The van der Waals surface area contributed by atoms with Gasteiger partial charge in [-0.15, -0.1) is 0 Å². The van der Waals surface area contributed by atoms with E-state index in [1.807, 2.05) is 30.7 Å². The van der Waals surface area contributed by atoms with Gasteiger partial charge in [-0.1, -0.05) is 12.6 Å². The Morgan fingerprint density at radius 2 is 2.05 bits per heavy atom. The number of hydrogen-bond donors (Lipinski definition) is 2. The number of amides is 1. The Morgan fingerprint density at radius 1 is 1.26 bits per heavy atom. The van der Waals surface area contributed by atoms with Crippen molar-refractivity contribution in [2.24, 2.45) is 10.1 Å². The van der Waals surface area contributed by atoms with Gasteiger partial charge >= 0.3 is 6.18 Å². The first-order valence-corrected chi connectivity index (χ1v) is 12.2. The summed E-state index contributed by atoms with van der Waals surface area (Å²) in [6.45, 7) is 9.28. The van der Waals surface area contributed by atoms with Crippen molar-refractivity contribution in [3.05, 3.63) is 84.0 Å². The van der Waals surface area contributed by atoms with Crippen LogP contribution in [0.25, 0.3) is 0 Å². The van der Waals surface area contributed by atoms with Crippen molar-refractivity contribution in [1.82, 2.24) is 18.9 Å². The van der Waals surface area contributed by atoms with Crippen LogP contribution in [-0.4, -0.2) is 37.6 Å². The number of aromatic nitrogens is 3. The number of hydrazone groups is 1. The van der Waals surface area contributed by atoms with E-state index in [2.05, 4.69) is 36.7 Å². The van der Waals surface area contributed by atoms with Gasteiger partial charge in [0.2, 0.25) is 5.91 Å². The predicted molar refractivity (Wildman–Crippen MR) is 143 cm³/mol. The van der Waals surface area contributed by atoms with Crippen molar-refractivity contribution in [2.75, 3.05) is 17.2 Å². The van der Waals surface area contributed by atoms with Crippen molar-refractivity contribution in [3.8, 4) is 0 Å². The number of carbonyl (C=O) groups excluding carboxylic acids is 1. The van der Waals surface area contributed by atoms with Crippen molar-refractivity contribution < 1.29 is 18.0 Å². The summed E-state index contributed by atoms with van der Waals surface area (Å²) < 4.78 is 45.0. The molecule has 0 aliphatic rings. The maximum absolute atomic E-state index is 13.0. The van der Waals surface area contributed by atoms with Crippen LogP contribution in [0.1, 0.15) is 23.9 Å². The second-order valence-electron chi connectivity index (χ2n) is 7.96. The zero-order valence-electron chi connectivity index (χ0n) is 21.0. The highest BCUT2D eigenvalue weighted by atomic mass is 32.1. The fraction of sp³-hybridized carbons (Fsp3) is 0.240. The standard InChI is InChI=1S/C25H27F3N8OS/c1-5-29-24-23(33-22-13-17(3)34-38-22)31-18(4)15-35(24)11-8-12-36(30-6-2)16-21(37)32-20-10-7-9-19(14-20)25(26,27)28/h5-10,12-15H,1,11,16H2,2-4H3,(H,31,33)(H,32,37)/b12-8+,29-24?,30-6-. The fourth-order valence-corrected chi connectivity index (χ4v) is 4.01. The van der Waals surface area contributed by atoms with E-state index in [0.717, 1.165) is 28.5 Å². The summed E-state index contributed by atoms with van der Waals surface area (Å²) in [6, 6.07) is 6.35. The Kier molecular flexibility index (Phi) is 9.55. The van der Waals surface area contributed by atoms with Gasteiger partial charge < -0.3 is 15.2 Å². The second kappa shape index (κ2) is 12.8. The summed E-state index contributed by atoms with van der Waals surface area (Å²) in [4.78, 5) is 21.4. The van der Waals surface area contributed by atoms with E-state index < -0.39 is 17.6 Å². The van der Waals surface area contributed by atoms with E-state index in [1.54, 1.807) is 19.2 Å². The SMILES string of the molecule is C=CN=c1c(Nc2cc(C)ns2)nc(C)cn1C/C=C/N(CC(=O)Nc1cccc(C(F)(F)F)c1)/N=C\C. The van der Waals surface area contributed by atoms with E-state index in [9.17, 15) is 18.0 Å². The van der Waals surface area contributed by atoms with E-state index in [-0.39, 0.29) is 12.2 Å². The smallest absolute Gasteiger partial charge is 0.328 e. The quantitative estimate of drug-likeness (QED) is 0.269. The monoisotopic (exact) mass is 544 g/mol. The summed E-state index contributed by atoms with van der Waals surface area (Å²) in [7, 11) is 0. The number of halogens is 3. The lowest BCUT2D eigenvalue weighted by Crippen LogP contribution is -2.27. The molecule has 0 bridgehead atoms. The fourth-order valence-electron chi connectivity index (χ4n) is 3.35. The molecule has 2 heterocycles. The van der Waals surface area contributed by atoms with Gasteiger partial charge in [-0.2, -0.15) is 22.6 Å². The van der Waals surface area contributed by atoms with Gasteiger partial charge in [-0.25, -0.2) is 9.98 Å². The number of rotatable bonds is 10. The molecule has 200 valence electrons. The molecule has 0 aliphatic heterocycles. The van der Waals surface area contributed by atoms with Gasteiger partial charge in [-0.3, -0.25) is 9.80 Å². The number of allylic oxidation sites excluding steroid dienone is 1. The maximum Gasteiger partial charge on any atom is 0.416 e. The average molecular weight is 545 g/mol. The van der Waals surface area contributed by atoms with Gasteiger partial charge in [0.15, 0.2) is 11.3 Å². The number of hydrogen-bond acceptors (Lipinski definition) is 8. The minimum absolute atomic E-state index is 0.0453. The number of carbonyl (C=O) groups is 1. The normalized spacial score (nSPS) is 12.3. The molecule has 0 atom stereocenters. The average Bonchev–Trinajstić information content (AvgIpc) is 3.25. The lowest BCUT2D eigenvalue weighted by molar-refractivity contribution is -0.137. The summed E-state index contributed by atoms with van der Waals surface area (Å²) in [5.74, 6) is 0.00603. The molecule has 0 spiro atoms. The van der Waals surface area contributed by atoms with Crippen LogP contribution in [-0.2, 0) is 17.5 Å². The first-order chi connectivity index (χ1) is 18.1. The van der Waals surface area contributed by atoms with Crippen molar-refractivity contribution in [1.29, 1.82) is 0 Å². The van der Waals surface area contributed by atoms with Gasteiger partial charge in [0.05, 0.1) is 17.0 Å². The molecule has 0 saturated heterocycles. The van der Waals surface area contributed by atoms with E-state index in [4.69, 9.17) is 0 Å². The van der Waals surface area contributed by atoms with Crippen LogP contribution in [0.4, 0.5) is 29.7 Å². The number of aryl methyl sites for hydroxylation is 2. The third kappa shape index (κ3) is 8.13. The lowest BCUT2D eigenvalue weighted by Gasteiger charge is -2.15. The molecule has 2 aromatic heterocycles. The van der Waals surface area contributed by atoms with Crippen LogP contribution in [0.3, 0.4) is 0 Å². The topological polar surface area (TPSA) is 99.8 Å². The van der Waals surface area contributed by atoms with Crippen molar-refractivity contribution in [2.45, 2.75) is 33.5 Å². The maximum atomic E-state index is 13.0. The number of anilines is 3. The number of nitrogens with one attached hydrogen (secondary N) is 2. The second-order valence-corrected chi connectivity index (χ2v) is 8.76. The molecule has 13 heteroatoms. The minimum Gasteiger partial charge on any atom is -0.328 e. The third-order valence-electron chi connectivity index (χ3n) is 4.82. The Bertz CT molecular complexity index is 1410. The van der Waals surface area contributed by atoms with Crippen LogP contribution in [0, 0.1) is 13.8 Å². The highest BCUT2D eigenvalue weighted by Crippen LogP contribution is 2.30. The van der Waals surface area contributed by atoms with E-state index >= 15 is 0 Å². The van der Waals surface area contributed by atoms with Crippen LogP contribution in [0.15, 0.2) is 71.7 Å². The lowest BCUT2D eigenvalue weighted by atomic mass is 10.2. The van der Waals surface area contributed by atoms with E-state index in [1.165, 1.54) is 41.1 Å². The molecule has 3 aromatic rings. The molecule has 0 radical (unpaired) electrons. The molecule has 0 unspecified atom stereocenters. The van der Waals surface area contributed by atoms with Crippen LogP contribution < -0.4 is 16.1 Å². The predicted octanol–water partition coefficient (Wildman–Crippen LogP) is 5.22. The Labute approximate surface area is 221 Å². The molecule has 0 aliphatic carbocycles. The minimum atomic E-state index is -4.50. The van der Waals surface area contributed by atoms with Crippen LogP contribution in [0.5, 0.6) is 0 Å². The summed E-state index contributed by atoms with van der Waals surface area (Å²) in [5, 5.41) is 12.1. The first kappa shape index (κ1) is 28.3. The van der Waals surface area contributed by atoms with E-state index in [0.29, 0.717) is 17.9 Å². The third-order valence-corrected chi connectivity index (χ3v) is 5.62. The van der Waals surface area contributed by atoms with Gasteiger partial charge in [0, 0.05) is 37.0 Å². The zero-order valence-corrected chi connectivity index (χ0v) is 21.8.